The molecular weight excluding hydrogens is 132 g/mol. The molecule has 0 aromatic carbocycles. The normalized spacial score (nSPS) is 10.8. The van der Waals surface area contributed by atoms with Crippen LogP contribution in [0.5, 0.6) is 0 Å². The molecule has 0 atom stereocenters. The molecule has 0 fully saturated rings. The van der Waals surface area contributed by atoms with Gasteiger partial charge in [-0.15, -0.1) is 4.85 Å². The zero-order valence-electron chi connectivity index (χ0n) is 5.10. The second-order valence-electron chi connectivity index (χ2n) is 2.02. The van der Waals surface area contributed by atoms with Crippen molar-refractivity contribution in [2.75, 3.05) is 5.73 Å². The Labute approximate surface area is 56.2 Å². The topological polar surface area (TPSA) is 68.5 Å². The third kappa shape index (κ3) is 0.439. The Hall–Kier alpha value is -1.65. The van der Waals surface area contributed by atoms with E-state index in [-0.39, 0.29) is 0 Å². The number of nitrogens with zero attached hydrogens (tertiary/aromatic N) is 3. The zero-order valence-corrected chi connectivity index (χ0v) is 5.10. The molecule has 5 heteroatoms. The van der Waals surface area contributed by atoms with E-state index >= 15 is 0 Å². The minimum atomic E-state index is 0.303. The molecule has 0 aliphatic heterocycles. The van der Waals surface area contributed by atoms with E-state index in [0.717, 1.165) is 10.4 Å². The van der Waals surface area contributed by atoms with Gasteiger partial charge in [-0.2, -0.15) is 0 Å². The van der Waals surface area contributed by atoms with Crippen molar-refractivity contribution in [2.45, 2.75) is 0 Å². The lowest BCUT2D eigenvalue weighted by molar-refractivity contribution is 0.143. The van der Waals surface area contributed by atoms with Crippen molar-refractivity contribution >= 4 is 11.3 Å². The Kier molecular flexibility index (Phi) is 0.743. The van der Waals surface area contributed by atoms with E-state index < -0.39 is 0 Å². The van der Waals surface area contributed by atoms with E-state index in [4.69, 9.17) is 10.9 Å². The third-order valence-electron chi connectivity index (χ3n) is 1.38. The highest BCUT2D eigenvalue weighted by atomic mass is 16.5. The van der Waals surface area contributed by atoms with Crippen LogP contribution in [-0.4, -0.2) is 19.6 Å². The fourth-order valence-electron chi connectivity index (χ4n) is 0.894. The maximum atomic E-state index is 9.10. The molecule has 2 aromatic heterocycles. The first-order valence-corrected chi connectivity index (χ1v) is 2.78. The minimum Gasteiger partial charge on any atom is -0.411 e. The Balaban J connectivity index is 2.95. The summed E-state index contributed by atoms with van der Waals surface area (Å²) in [6, 6.07) is 1.63. The van der Waals surface area contributed by atoms with Crippen LogP contribution in [0.2, 0.25) is 0 Å². The lowest BCUT2D eigenvalue weighted by Crippen LogP contribution is -2.02. The van der Waals surface area contributed by atoms with E-state index in [1.165, 1.54) is 10.8 Å². The molecule has 0 radical (unpaired) electrons. The summed E-state index contributed by atoms with van der Waals surface area (Å²) in [6.07, 6.45) is 3.09. The number of fused-ring (bicyclic) bond motifs is 1. The van der Waals surface area contributed by atoms with Gasteiger partial charge in [0.15, 0.2) is 5.82 Å². The number of anilines is 1. The summed E-state index contributed by atoms with van der Waals surface area (Å²) in [5.74, 6) is 0.303. The van der Waals surface area contributed by atoms with Crippen LogP contribution in [0.25, 0.3) is 5.52 Å². The van der Waals surface area contributed by atoms with Crippen LogP contribution >= 0.6 is 0 Å². The molecular formula is C5H6N4O. The summed E-state index contributed by atoms with van der Waals surface area (Å²) in [6.45, 7) is 0. The van der Waals surface area contributed by atoms with Gasteiger partial charge < -0.3 is 10.9 Å². The smallest absolute Gasteiger partial charge is 0.161 e. The summed E-state index contributed by atoms with van der Waals surface area (Å²) in [7, 11) is 0. The lowest BCUT2D eigenvalue weighted by atomic mass is 10.5. The first-order valence-electron chi connectivity index (χ1n) is 2.78. The standard InChI is InChI=1S/C5H6N4O/c6-5-1-4-2-7-3-8(4)9(5)10/h1-3,10H,6H2. The van der Waals surface area contributed by atoms with Crippen LogP contribution in [0.3, 0.4) is 0 Å². The molecule has 2 aromatic rings. The average Bonchev–Trinajstić information content (AvgIpc) is 2.41. The predicted molar refractivity (Wildman–Crippen MR) is 34.8 cm³/mol. The van der Waals surface area contributed by atoms with Crippen molar-refractivity contribution in [1.82, 2.24) is 14.3 Å². The molecule has 3 N–H and O–H groups in total. The molecule has 52 valence electrons. The molecule has 10 heavy (non-hydrogen) atoms. The predicted octanol–water partition coefficient (Wildman–Crippen LogP) is -0.0447. The van der Waals surface area contributed by atoms with Crippen molar-refractivity contribution in [3.05, 3.63) is 18.6 Å². The zero-order chi connectivity index (χ0) is 7.14. The van der Waals surface area contributed by atoms with E-state index in [1.54, 1.807) is 12.3 Å². The third-order valence-corrected chi connectivity index (χ3v) is 1.38. The first kappa shape index (κ1) is 5.16. The highest BCUT2D eigenvalue weighted by Crippen LogP contribution is 2.08. The second-order valence-corrected chi connectivity index (χ2v) is 2.02. The number of hydrogen-bond donors (Lipinski definition) is 2. The lowest BCUT2D eigenvalue weighted by Gasteiger charge is -1.93. The Bertz CT molecular complexity index is 360. The minimum absolute atomic E-state index is 0.303. The van der Waals surface area contributed by atoms with Crippen molar-refractivity contribution < 1.29 is 5.21 Å². The number of nitrogen functional groups attached to an aromatic ring is 1. The molecule has 0 unspecified atom stereocenters. The van der Waals surface area contributed by atoms with Crippen LogP contribution in [0.1, 0.15) is 0 Å². The number of aromatic nitrogens is 3. The van der Waals surface area contributed by atoms with Crippen molar-refractivity contribution in [1.29, 1.82) is 0 Å². The van der Waals surface area contributed by atoms with Gasteiger partial charge in [-0.3, -0.25) is 0 Å². The molecule has 0 bridgehead atoms. The Morgan fingerprint density at radius 3 is 3.10 bits per heavy atom. The molecule has 0 saturated carbocycles. The van der Waals surface area contributed by atoms with Crippen LogP contribution in [0.4, 0.5) is 5.82 Å². The van der Waals surface area contributed by atoms with E-state index in [9.17, 15) is 0 Å². The Morgan fingerprint density at radius 2 is 2.40 bits per heavy atom. The second kappa shape index (κ2) is 1.44. The van der Waals surface area contributed by atoms with Crippen LogP contribution < -0.4 is 5.73 Å². The van der Waals surface area contributed by atoms with Crippen LogP contribution in [-0.2, 0) is 0 Å². The number of imidazole rings is 1. The van der Waals surface area contributed by atoms with E-state index in [2.05, 4.69) is 4.98 Å². The Morgan fingerprint density at radius 1 is 1.60 bits per heavy atom. The maximum Gasteiger partial charge on any atom is 0.161 e. The van der Waals surface area contributed by atoms with Gasteiger partial charge in [0.05, 0.1) is 11.7 Å². The molecule has 2 heterocycles. The number of rotatable bonds is 0. The fourth-order valence-corrected chi connectivity index (χ4v) is 0.894. The molecule has 0 amide bonds. The summed E-state index contributed by atoms with van der Waals surface area (Å²) in [4.78, 5) is 4.63. The monoisotopic (exact) mass is 138 g/mol. The van der Waals surface area contributed by atoms with Crippen molar-refractivity contribution in [3.8, 4) is 0 Å². The van der Waals surface area contributed by atoms with Gasteiger partial charge >= 0.3 is 0 Å². The maximum absolute atomic E-state index is 9.10. The van der Waals surface area contributed by atoms with Gasteiger partial charge in [-0.05, 0) is 0 Å². The van der Waals surface area contributed by atoms with Crippen molar-refractivity contribution in [3.63, 3.8) is 0 Å². The molecule has 2 rings (SSSR count). The molecule has 0 saturated heterocycles. The summed E-state index contributed by atoms with van der Waals surface area (Å²) >= 11 is 0. The highest BCUT2D eigenvalue weighted by Gasteiger charge is 2.01. The fraction of sp³-hybridized carbons (Fsp3) is 0. The quantitative estimate of drug-likeness (QED) is 0.502. The largest absolute Gasteiger partial charge is 0.411 e. The number of hydrogen-bond acceptors (Lipinski definition) is 3. The SMILES string of the molecule is Nc1cc2cncn2n1O. The summed E-state index contributed by atoms with van der Waals surface area (Å²) < 4.78 is 1.44. The van der Waals surface area contributed by atoms with Gasteiger partial charge in [-0.25, -0.2) is 9.50 Å². The van der Waals surface area contributed by atoms with E-state index in [1.807, 2.05) is 0 Å². The molecule has 0 spiro atoms. The van der Waals surface area contributed by atoms with Crippen LogP contribution in [0.15, 0.2) is 18.6 Å². The van der Waals surface area contributed by atoms with E-state index in [0.29, 0.717) is 5.82 Å². The van der Waals surface area contributed by atoms with Gasteiger partial charge in [0, 0.05) is 6.07 Å². The van der Waals surface area contributed by atoms with Gasteiger partial charge in [0.2, 0.25) is 0 Å². The summed E-state index contributed by atoms with van der Waals surface area (Å²) in [5.41, 5.74) is 6.14. The van der Waals surface area contributed by atoms with Crippen molar-refractivity contribution in [2.24, 2.45) is 0 Å². The highest BCUT2D eigenvalue weighted by molar-refractivity contribution is 5.52. The molecule has 5 nitrogen and oxygen atoms in total. The van der Waals surface area contributed by atoms with Gasteiger partial charge in [0.1, 0.15) is 6.33 Å². The summed E-state index contributed by atoms with van der Waals surface area (Å²) in [5, 5.41) is 9.10. The molecule has 0 aliphatic rings. The average molecular weight is 138 g/mol. The molecule has 0 aliphatic carbocycles. The van der Waals surface area contributed by atoms with Gasteiger partial charge in [-0.1, -0.05) is 0 Å². The first-order chi connectivity index (χ1) is 4.79. The van der Waals surface area contributed by atoms with Gasteiger partial charge in [0.25, 0.3) is 0 Å². The van der Waals surface area contributed by atoms with Crippen LogP contribution in [0, 0.1) is 0 Å². The number of nitrogens with two attached hydrogens (primary N) is 1.